The van der Waals surface area contributed by atoms with Gasteiger partial charge in [0.1, 0.15) is 12.1 Å². The first-order chi connectivity index (χ1) is 14.9. The van der Waals surface area contributed by atoms with Crippen LogP contribution in [0.1, 0.15) is 25.8 Å². The summed E-state index contributed by atoms with van der Waals surface area (Å²) in [6.45, 7) is 2.40. The van der Waals surface area contributed by atoms with Crippen molar-refractivity contribution in [1.82, 2.24) is 16.0 Å². The van der Waals surface area contributed by atoms with Gasteiger partial charge in [-0.25, -0.2) is 4.79 Å². The minimum absolute atomic E-state index is 0.156. The Morgan fingerprint density at radius 1 is 0.906 bits per heavy atom. The number of carbonyl (C=O) groups is 5. The summed E-state index contributed by atoms with van der Waals surface area (Å²) in [6, 6.07) is 3.37. The van der Waals surface area contributed by atoms with Crippen LogP contribution in [0, 0.1) is 0 Å². The van der Waals surface area contributed by atoms with Gasteiger partial charge in [0, 0.05) is 0 Å². The van der Waals surface area contributed by atoms with Gasteiger partial charge in [0.2, 0.25) is 17.7 Å². The van der Waals surface area contributed by atoms with E-state index in [9.17, 15) is 29.1 Å². The third-order valence-corrected chi connectivity index (χ3v) is 4.45. The van der Waals surface area contributed by atoms with Gasteiger partial charge in [0.15, 0.2) is 6.04 Å². The lowest BCUT2D eigenvalue weighted by atomic mass is 10.1. The second-order valence-electron chi connectivity index (χ2n) is 7.25. The van der Waals surface area contributed by atoms with Crippen molar-refractivity contribution in [1.29, 1.82) is 0 Å². The number of nitrogens with two attached hydrogens (primary N) is 1. The Hall–Kier alpha value is -3.51. The van der Waals surface area contributed by atoms with Gasteiger partial charge in [-0.1, -0.05) is 30.3 Å². The molecule has 1 rings (SSSR count). The Morgan fingerprint density at radius 3 is 2.00 bits per heavy atom. The fourth-order valence-corrected chi connectivity index (χ4v) is 2.67. The number of aliphatic carboxylic acids is 2. The molecule has 5 atom stereocenters. The van der Waals surface area contributed by atoms with Crippen LogP contribution in [0.4, 0.5) is 0 Å². The lowest BCUT2D eigenvalue weighted by molar-refractivity contribution is -0.145. The second-order valence-corrected chi connectivity index (χ2v) is 7.25. The number of nitrogens with one attached hydrogen (secondary N) is 3. The summed E-state index contributed by atoms with van der Waals surface area (Å²) in [4.78, 5) is 59.2. The third-order valence-electron chi connectivity index (χ3n) is 4.45. The van der Waals surface area contributed by atoms with E-state index in [0.29, 0.717) is 0 Å². The minimum atomic E-state index is -1.60. The van der Waals surface area contributed by atoms with Crippen molar-refractivity contribution in [2.45, 2.75) is 57.0 Å². The number of amides is 3. The number of aliphatic hydroxyl groups is 1. The molecule has 0 aromatic heterocycles. The molecular weight excluding hydrogens is 424 g/mol. The molecule has 32 heavy (non-hydrogen) atoms. The van der Waals surface area contributed by atoms with Crippen LogP contribution in [0.3, 0.4) is 0 Å². The first-order valence-electron chi connectivity index (χ1n) is 9.75. The first kappa shape index (κ1) is 26.5. The highest BCUT2D eigenvalue weighted by molar-refractivity contribution is 5.95. The molecule has 1 aromatic rings. The first-order valence-corrected chi connectivity index (χ1v) is 9.75. The molecule has 5 unspecified atom stereocenters. The Kier molecular flexibility index (Phi) is 10.3. The van der Waals surface area contributed by atoms with Crippen molar-refractivity contribution in [3.8, 4) is 0 Å². The molecule has 0 aliphatic rings. The lowest BCUT2D eigenvalue weighted by Crippen LogP contribution is -2.57. The van der Waals surface area contributed by atoms with E-state index in [1.54, 1.807) is 30.3 Å². The number of benzene rings is 1. The molecule has 0 bridgehead atoms. The second kappa shape index (κ2) is 12.4. The van der Waals surface area contributed by atoms with Gasteiger partial charge in [-0.15, -0.1) is 0 Å². The van der Waals surface area contributed by atoms with Crippen molar-refractivity contribution >= 4 is 29.7 Å². The van der Waals surface area contributed by atoms with Crippen LogP contribution >= 0.6 is 0 Å². The predicted molar refractivity (Wildman–Crippen MR) is 111 cm³/mol. The van der Waals surface area contributed by atoms with E-state index < -0.39 is 66.4 Å². The van der Waals surface area contributed by atoms with Crippen LogP contribution < -0.4 is 21.7 Å². The number of hydrogen-bond donors (Lipinski definition) is 7. The molecule has 0 fully saturated rings. The van der Waals surface area contributed by atoms with Gasteiger partial charge in [-0.05, 0) is 25.8 Å². The van der Waals surface area contributed by atoms with E-state index >= 15 is 0 Å². The number of aliphatic hydroxyl groups excluding tert-OH is 1. The van der Waals surface area contributed by atoms with Crippen LogP contribution in [0.15, 0.2) is 30.3 Å². The molecule has 3 amide bonds. The zero-order chi connectivity index (χ0) is 24.4. The smallest absolute Gasteiger partial charge is 0.328 e. The molecule has 0 saturated heterocycles. The molecule has 0 spiro atoms. The topological polar surface area (TPSA) is 208 Å². The SMILES string of the molecule is CC(NC(=O)C(CC(=O)O)NC(=O)C(N)Cc1ccccc1)C(=O)NC(C(=O)O)C(C)O. The summed E-state index contributed by atoms with van der Waals surface area (Å²) >= 11 is 0. The average molecular weight is 452 g/mol. The highest BCUT2D eigenvalue weighted by atomic mass is 16.4. The Labute approximate surface area is 184 Å². The number of rotatable bonds is 12. The summed E-state index contributed by atoms with van der Waals surface area (Å²) in [6.07, 6.45) is -2.01. The number of hydrogen-bond acceptors (Lipinski definition) is 7. The van der Waals surface area contributed by atoms with E-state index in [1.807, 2.05) is 0 Å². The number of carbonyl (C=O) groups excluding carboxylic acids is 3. The molecule has 1 aromatic carbocycles. The summed E-state index contributed by atoms with van der Waals surface area (Å²) < 4.78 is 0. The number of carboxylic acid groups (broad SMARTS) is 2. The van der Waals surface area contributed by atoms with Gasteiger partial charge >= 0.3 is 11.9 Å². The van der Waals surface area contributed by atoms with Crippen molar-refractivity contribution in [3.05, 3.63) is 35.9 Å². The predicted octanol–water partition coefficient (Wildman–Crippen LogP) is -2.03. The van der Waals surface area contributed by atoms with Crippen LogP contribution in [0.2, 0.25) is 0 Å². The zero-order valence-electron chi connectivity index (χ0n) is 17.6. The Bertz CT molecular complexity index is 830. The van der Waals surface area contributed by atoms with E-state index in [4.69, 9.17) is 15.9 Å². The van der Waals surface area contributed by atoms with Gasteiger partial charge in [-0.2, -0.15) is 0 Å². The van der Waals surface area contributed by atoms with Gasteiger partial charge in [0.25, 0.3) is 0 Å². The van der Waals surface area contributed by atoms with Gasteiger partial charge in [0.05, 0.1) is 18.6 Å². The zero-order valence-corrected chi connectivity index (χ0v) is 17.6. The standard InChI is InChI=1S/C20H28N4O8/c1-10(17(28)24-16(11(2)25)20(31)32)22-19(30)14(9-15(26)27)23-18(29)13(21)8-12-6-4-3-5-7-12/h3-7,10-11,13-14,16,25H,8-9,21H2,1-2H3,(H,22,30)(H,23,29)(H,24,28)(H,26,27)(H,31,32). The summed E-state index contributed by atoms with van der Waals surface area (Å²) in [5, 5.41) is 34.1. The van der Waals surface area contributed by atoms with Crippen molar-refractivity contribution in [2.75, 3.05) is 0 Å². The van der Waals surface area contributed by atoms with Crippen LogP contribution in [0.25, 0.3) is 0 Å². The van der Waals surface area contributed by atoms with Crippen molar-refractivity contribution in [2.24, 2.45) is 5.73 Å². The summed E-state index contributed by atoms with van der Waals surface area (Å²) in [5.41, 5.74) is 6.62. The van der Waals surface area contributed by atoms with Crippen LogP contribution in [-0.4, -0.2) is 75.3 Å². The normalized spacial score (nSPS) is 15.4. The van der Waals surface area contributed by atoms with E-state index in [0.717, 1.165) is 5.56 Å². The largest absolute Gasteiger partial charge is 0.481 e. The Morgan fingerprint density at radius 2 is 1.50 bits per heavy atom. The fraction of sp³-hybridized carbons (Fsp3) is 0.450. The molecule has 0 aliphatic heterocycles. The van der Waals surface area contributed by atoms with Gasteiger partial charge < -0.3 is 37.0 Å². The Balaban J connectivity index is 2.78. The summed E-state index contributed by atoms with van der Waals surface area (Å²) in [7, 11) is 0. The van der Waals surface area contributed by atoms with Gasteiger partial charge in [-0.3, -0.25) is 19.2 Å². The molecule has 176 valence electrons. The third kappa shape index (κ3) is 8.70. The van der Waals surface area contributed by atoms with E-state index in [-0.39, 0.29) is 6.42 Å². The van der Waals surface area contributed by atoms with Crippen molar-refractivity contribution < 1.29 is 39.3 Å². The molecule has 0 aliphatic carbocycles. The van der Waals surface area contributed by atoms with E-state index in [2.05, 4.69) is 16.0 Å². The minimum Gasteiger partial charge on any atom is -0.481 e. The lowest BCUT2D eigenvalue weighted by Gasteiger charge is -2.23. The molecule has 0 saturated carbocycles. The highest BCUT2D eigenvalue weighted by Crippen LogP contribution is 2.03. The molecule has 12 heteroatoms. The highest BCUT2D eigenvalue weighted by Gasteiger charge is 2.31. The maximum Gasteiger partial charge on any atom is 0.328 e. The number of carboxylic acids is 2. The quantitative estimate of drug-likeness (QED) is 0.186. The maximum absolute atomic E-state index is 12.5. The molecule has 0 radical (unpaired) electrons. The molecular formula is C20H28N4O8. The van der Waals surface area contributed by atoms with Crippen molar-refractivity contribution in [3.63, 3.8) is 0 Å². The molecule has 8 N–H and O–H groups in total. The molecule has 12 nitrogen and oxygen atoms in total. The monoisotopic (exact) mass is 452 g/mol. The average Bonchev–Trinajstić information content (AvgIpc) is 2.70. The van der Waals surface area contributed by atoms with Crippen LogP contribution in [0.5, 0.6) is 0 Å². The van der Waals surface area contributed by atoms with Crippen LogP contribution in [-0.2, 0) is 30.4 Å². The summed E-state index contributed by atoms with van der Waals surface area (Å²) in [5.74, 6) is -5.51. The maximum atomic E-state index is 12.5. The molecule has 0 heterocycles. The van der Waals surface area contributed by atoms with E-state index in [1.165, 1.54) is 13.8 Å². The fourth-order valence-electron chi connectivity index (χ4n) is 2.67.